The van der Waals surface area contributed by atoms with Crippen molar-refractivity contribution in [1.82, 2.24) is 0 Å². The molecule has 2 aliphatic rings. The lowest BCUT2D eigenvalue weighted by atomic mass is 9.81. The first-order valence-corrected chi connectivity index (χ1v) is 15.3. The van der Waals surface area contributed by atoms with Crippen LogP contribution in [0.2, 0.25) is 0 Å². The van der Waals surface area contributed by atoms with Gasteiger partial charge in [0.15, 0.2) is 0 Å². The maximum atomic E-state index is 2.45. The smallest absolute Gasteiger partial charge is 0.00637 e. The van der Waals surface area contributed by atoms with Crippen LogP contribution in [0.5, 0.6) is 0 Å². The summed E-state index contributed by atoms with van der Waals surface area (Å²) in [6.45, 7) is 18.3. The summed E-state index contributed by atoms with van der Waals surface area (Å²) >= 11 is 0. The summed E-state index contributed by atoms with van der Waals surface area (Å²) in [7, 11) is 0. The lowest BCUT2D eigenvalue weighted by Crippen LogP contribution is -2.10. The Morgan fingerprint density at radius 2 is 0.854 bits per heavy atom. The van der Waals surface area contributed by atoms with Crippen LogP contribution in [0.25, 0.3) is 34.4 Å². The van der Waals surface area contributed by atoms with E-state index < -0.39 is 0 Å². The van der Waals surface area contributed by atoms with E-state index in [0.717, 1.165) is 6.42 Å². The van der Waals surface area contributed by atoms with E-state index in [1.165, 1.54) is 66.8 Å². The number of rotatable bonds is 4. The van der Waals surface area contributed by atoms with Gasteiger partial charge in [-0.15, -0.1) is 0 Å². The topological polar surface area (TPSA) is 0 Å². The summed E-state index contributed by atoms with van der Waals surface area (Å²) in [6, 6.07) is 32.3. The van der Waals surface area contributed by atoms with Crippen molar-refractivity contribution < 1.29 is 0 Å². The van der Waals surface area contributed by atoms with Crippen molar-refractivity contribution in [3.63, 3.8) is 0 Å². The van der Waals surface area contributed by atoms with Crippen molar-refractivity contribution in [3.8, 4) is 22.3 Å². The van der Waals surface area contributed by atoms with E-state index in [0.29, 0.717) is 11.8 Å². The molecule has 2 unspecified atom stereocenters. The predicted octanol–water partition coefficient (Wildman–Crippen LogP) is 11.7. The Balaban J connectivity index is 1.31. The van der Waals surface area contributed by atoms with E-state index in [1.54, 1.807) is 0 Å². The highest BCUT2D eigenvalue weighted by Crippen LogP contribution is 2.50. The zero-order chi connectivity index (χ0) is 29.1. The Bertz CT molecular complexity index is 1530. The van der Waals surface area contributed by atoms with Crippen LogP contribution in [-0.2, 0) is 10.8 Å². The van der Waals surface area contributed by atoms with E-state index in [2.05, 4.69) is 152 Å². The average Bonchev–Trinajstić information content (AvgIpc) is 3.43. The van der Waals surface area contributed by atoms with Gasteiger partial charge in [-0.1, -0.05) is 150 Å². The van der Waals surface area contributed by atoms with E-state index >= 15 is 0 Å². The molecular weight excluding hydrogens is 492 g/mol. The van der Waals surface area contributed by atoms with Crippen molar-refractivity contribution in [2.24, 2.45) is 0 Å². The molecule has 0 radical (unpaired) electrons. The molecule has 2 aliphatic carbocycles. The Kier molecular flexibility index (Phi) is 6.73. The number of benzene rings is 4. The predicted molar refractivity (Wildman–Crippen MR) is 179 cm³/mol. The second kappa shape index (κ2) is 10.0. The van der Waals surface area contributed by atoms with Crippen LogP contribution in [0.4, 0.5) is 0 Å². The number of fused-ring (bicyclic) bond motifs is 2. The number of allylic oxidation sites excluding steroid dienone is 2. The van der Waals surface area contributed by atoms with Crippen molar-refractivity contribution >= 4 is 12.2 Å². The molecule has 2 atom stereocenters. The standard InChI is InChI=1S/C41H44/c1-26-23-38-32(28-15-19-30(20-16-28)40(3,4)5)11-9-13-34(38)36(26)25-37-27(2)24-39-33(12-10-14-35(37)39)29-17-21-31(22-18-29)41(6,7)8/h9-24,36-37H,25H2,1-8H3. The molecule has 0 aromatic heterocycles. The molecule has 0 fully saturated rings. The molecule has 208 valence electrons. The fourth-order valence-corrected chi connectivity index (χ4v) is 6.91. The largest absolute Gasteiger partial charge is 0.0651 e. The van der Waals surface area contributed by atoms with Gasteiger partial charge in [-0.25, -0.2) is 0 Å². The van der Waals surface area contributed by atoms with Crippen LogP contribution in [0.15, 0.2) is 96.1 Å². The van der Waals surface area contributed by atoms with Crippen LogP contribution in [0, 0.1) is 0 Å². The van der Waals surface area contributed by atoms with Crippen LogP contribution in [0.1, 0.15) is 107 Å². The van der Waals surface area contributed by atoms with Gasteiger partial charge in [0.25, 0.3) is 0 Å². The Morgan fingerprint density at radius 1 is 0.488 bits per heavy atom. The minimum absolute atomic E-state index is 0.164. The molecule has 6 rings (SSSR count). The van der Waals surface area contributed by atoms with Gasteiger partial charge in [0, 0.05) is 11.8 Å². The van der Waals surface area contributed by atoms with Crippen molar-refractivity contribution in [1.29, 1.82) is 0 Å². The van der Waals surface area contributed by atoms with Crippen LogP contribution >= 0.6 is 0 Å². The van der Waals surface area contributed by atoms with Gasteiger partial charge < -0.3 is 0 Å². The third-order valence-electron chi connectivity index (χ3n) is 9.47. The molecule has 4 aromatic carbocycles. The highest BCUT2D eigenvalue weighted by atomic mass is 14.4. The summed E-state index contributed by atoms with van der Waals surface area (Å²) in [5.41, 5.74) is 17.2. The molecule has 0 N–H and O–H groups in total. The van der Waals surface area contributed by atoms with Gasteiger partial charge in [-0.3, -0.25) is 0 Å². The van der Waals surface area contributed by atoms with Gasteiger partial charge in [-0.2, -0.15) is 0 Å². The summed E-state index contributed by atoms with van der Waals surface area (Å²) < 4.78 is 0. The Morgan fingerprint density at radius 3 is 1.20 bits per heavy atom. The molecular formula is C41H44. The van der Waals surface area contributed by atoms with E-state index in [9.17, 15) is 0 Å². The molecule has 41 heavy (non-hydrogen) atoms. The number of hydrogen-bond donors (Lipinski definition) is 0. The second-order valence-corrected chi connectivity index (χ2v) is 14.4. The van der Waals surface area contributed by atoms with Gasteiger partial charge in [0.2, 0.25) is 0 Å². The molecule has 0 heteroatoms. The van der Waals surface area contributed by atoms with Crippen LogP contribution in [0.3, 0.4) is 0 Å². The van der Waals surface area contributed by atoms with Gasteiger partial charge >= 0.3 is 0 Å². The lowest BCUT2D eigenvalue weighted by molar-refractivity contribution is 0.590. The summed E-state index contributed by atoms with van der Waals surface area (Å²) in [4.78, 5) is 0. The fourth-order valence-electron chi connectivity index (χ4n) is 6.91. The summed E-state index contributed by atoms with van der Waals surface area (Å²) in [6.07, 6.45) is 6.02. The van der Waals surface area contributed by atoms with E-state index in [1.807, 2.05) is 0 Å². The quantitative estimate of drug-likeness (QED) is 0.243. The first-order valence-electron chi connectivity index (χ1n) is 15.3. The summed E-state index contributed by atoms with van der Waals surface area (Å²) in [5, 5.41) is 0. The molecule has 0 spiro atoms. The average molecular weight is 537 g/mol. The first-order chi connectivity index (χ1) is 19.4. The van der Waals surface area contributed by atoms with Crippen LogP contribution in [-0.4, -0.2) is 0 Å². The highest BCUT2D eigenvalue weighted by Gasteiger charge is 2.32. The summed E-state index contributed by atoms with van der Waals surface area (Å²) in [5.74, 6) is 0.876. The van der Waals surface area contributed by atoms with Crippen molar-refractivity contribution in [3.05, 3.63) is 129 Å². The minimum Gasteiger partial charge on any atom is -0.0651 e. The van der Waals surface area contributed by atoms with Gasteiger partial charge in [0.05, 0.1) is 0 Å². The van der Waals surface area contributed by atoms with Crippen molar-refractivity contribution in [2.75, 3.05) is 0 Å². The number of hydrogen-bond acceptors (Lipinski definition) is 0. The van der Waals surface area contributed by atoms with E-state index in [-0.39, 0.29) is 10.8 Å². The van der Waals surface area contributed by atoms with Gasteiger partial charge in [0.1, 0.15) is 0 Å². The molecule has 0 amide bonds. The molecule has 0 heterocycles. The molecule has 0 aliphatic heterocycles. The zero-order valence-electron chi connectivity index (χ0n) is 26.1. The molecule has 0 saturated heterocycles. The molecule has 0 nitrogen and oxygen atoms in total. The first kappa shape index (κ1) is 27.5. The highest BCUT2D eigenvalue weighted by molar-refractivity contribution is 5.84. The second-order valence-electron chi connectivity index (χ2n) is 14.4. The zero-order valence-corrected chi connectivity index (χ0v) is 26.1. The molecule has 4 aromatic rings. The third-order valence-corrected chi connectivity index (χ3v) is 9.47. The van der Waals surface area contributed by atoms with Gasteiger partial charge in [-0.05, 0) is 86.7 Å². The van der Waals surface area contributed by atoms with Crippen LogP contribution < -0.4 is 0 Å². The fraction of sp³-hybridized carbons (Fsp3) is 0.317. The Hall–Kier alpha value is -3.64. The molecule has 0 bridgehead atoms. The van der Waals surface area contributed by atoms with Crippen molar-refractivity contribution in [2.45, 2.75) is 84.5 Å². The Labute approximate surface area is 247 Å². The maximum absolute atomic E-state index is 2.45. The lowest BCUT2D eigenvalue weighted by Gasteiger charge is -2.23. The molecule has 0 saturated carbocycles. The SMILES string of the molecule is CC1=Cc2c(-c3ccc(C(C)(C)C)cc3)cccc2C1CC1C(C)=Cc2c(-c3ccc(C(C)(C)C)cc3)cccc21. The minimum atomic E-state index is 0.164. The normalized spacial score (nSPS) is 18.1. The maximum Gasteiger partial charge on any atom is 0.00637 e. The van der Waals surface area contributed by atoms with E-state index in [4.69, 9.17) is 0 Å². The monoisotopic (exact) mass is 536 g/mol. The third kappa shape index (κ3) is 5.03.